The van der Waals surface area contributed by atoms with E-state index in [9.17, 15) is 0 Å². The molecule has 0 unspecified atom stereocenters. The van der Waals surface area contributed by atoms with Crippen LogP contribution < -0.4 is 5.32 Å². The van der Waals surface area contributed by atoms with Gasteiger partial charge in [-0.1, -0.05) is 18.2 Å². The molecule has 0 atom stereocenters. The molecule has 21 heavy (non-hydrogen) atoms. The predicted molar refractivity (Wildman–Crippen MR) is 82.4 cm³/mol. The summed E-state index contributed by atoms with van der Waals surface area (Å²) in [7, 11) is 0. The molecule has 2 heterocycles. The second-order valence-electron chi connectivity index (χ2n) is 4.96. The maximum absolute atomic E-state index is 4.37. The first kappa shape index (κ1) is 13.3. The van der Waals surface area contributed by atoms with Crippen LogP contribution in [0.5, 0.6) is 0 Å². The fourth-order valence-corrected chi connectivity index (χ4v) is 2.15. The van der Waals surface area contributed by atoms with Crippen molar-refractivity contribution in [2.24, 2.45) is 0 Å². The molecule has 3 aromatic rings. The molecule has 0 aliphatic heterocycles. The molecule has 1 aromatic carbocycles. The smallest absolute Gasteiger partial charge is 0.155 e. The number of anilines is 1. The summed E-state index contributed by atoms with van der Waals surface area (Å²) in [4.78, 5) is 8.28. The van der Waals surface area contributed by atoms with Crippen molar-refractivity contribution in [3.05, 3.63) is 65.9 Å². The summed E-state index contributed by atoms with van der Waals surface area (Å²) in [6.45, 7) is 5.07. The Hall–Kier alpha value is -2.69. The summed E-state index contributed by atoms with van der Waals surface area (Å²) in [6, 6.07) is 10.3. The first-order valence-corrected chi connectivity index (χ1v) is 6.84. The zero-order chi connectivity index (χ0) is 14.7. The number of pyridine rings is 1. The van der Waals surface area contributed by atoms with Gasteiger partial charge in [-0.2, -0.15) is 5.10 Å². The van der Waals surface area contributed by atoms with Crippen LogP contribution in [0.25, 0.3) is 5.82 Å². The van der Waals surface area contributed by atoms with Gasteiger partial charge in [-0.3, -0.25) is 0 Å². The van der Waals surface area contributed by atoms with Gasteiger partial charge in [0.15, 0.2) is 5.82 Å². The van der Waals surface area contributed by atoms with Gasteiger partial charge in [0.05, 0.1) is 11.9 Å². The molecule has 0 amide bonds. The van der Waals surface area contributed by atoms with Gasteiger partial charge in [0.25, 0.3) is 0 Å². The van der Waals surface area contributed by atoms with E-state index in [1.165, 1.54) is 23.0 Å². The van der Waals surface area contributed by atoms with E-state index in [1.807, 2.05) is 18.3 Å². The highest BCUT2D eigenvalue weighted by atomic mass is 15.3. The lowest BCUT2D eigenvalue weighted by atomic mass is 10.0. The second kappa shape index (κ2) is 5.75. The quantitative estimate of drug-likeness (QED) is 0.798. The van der Waals surface area contributed by atoms with E-state index in [2.05, 4.69) is 52.4 Å². The lowest BCUT2D eigenvalue weighted by Crippen LogP contribution is -2.04. The number of hydrogen-bond acceptors (Lipinski definition) is 4. The number of benzene rings is 1. The molecule has 2 aromatic heterocycles. The average Bonchev–Trinajstić information content (AvgIpc) is 3.04. The predicted octanol–water partition coefficient (Wildman–Crippen LogP) is 2.89. The minimum Gasteiger partial charge on any atom is -0.380 e. The van der Waals surface area contributed by atoms with Crippen LogP contribution in [0.15, 0.2) is 49.2 Å². The Bertz CT molecular complexity index is 717. The fraction of sp³-hybridized carbons (Fsp3) is 0.188. The van der Waals surface area contributed by atoms with E-state index in [1.54, 1.807) is 11.0 Å². The van der Waals surface area contributed by atoms with Crippen molar-refractivity contribution in [2.75, 3.05) is 5.32 Å². The van der Waals surface area contributed by atoms with Crippen LogP contribution in [-0.4, -0.2) is 19.7 Å². The maximum atomic E-state index is 4.37. The average molecular weight is 279 g/mol. The van der Waals surface area contributed by atoms with Gasteiger partial charge in [0, 0.05) is 6.54 Å². The Morgan fingerprint density at radius 3 is 2.76 bits per heavy atom. The normalized spacial score (nSPS) is 10.6. The lowest BCUT2D eigenvalue weighted by Gasteiger charge is -2.11. The number of hydrogen-bond donors (Lipinski definition) is 1. The summed E-state index contributed by atoms with van der Waals surface area (Å²) >= 11 is 0. The van der Waals surface area contributed by atoms with Gasteiger partial charge in [0.1, 0.15) is 12.7 Å². The molecule has 0 saturated carbocycles. The highest BCUT2D eigenvalue weighted by molar-refractivity contribution is 5.45. The molecule has 3 rings (SSSR count). The van der Waals surface area contributed by atoms with E-state index >= 15 is 0 Å². The molecule has 0 saturated heterocycles. The SMILES string of the molecule is Cc1cccc(CNc2ccc(-n3cncn3)nc2)c1C. The molecule has 0 bridgehead atoms. The van der Waals surface area contributed by atoms with Gasteiger partial charge in [-0.25, -0.2) is 14.6 Å². The molecule has 5 nitrogen and oxygen atoms in total. The standard InChI is InChI=1S/C16H17N5/c1-12-4-3-5-14(13(12)2)8-18-15-6-7-16(19-9-15)21-11-17-10-20-21/h3-7,9-11,18H,8H2,1-2H3. The Kier molecular flexibility index (Phi) is 3.64. The zero-order valence-electron chi connectivity index (χ0n) is 12.1. The van der Waals surface area contributed by atoms with Crippen molar-refractivity contribution >= 4 is 5.69 Å². The van der Waals surface area contributed by atoms with Crippen LogP contribution in [-0.2, 0) is 6.54 Å². The minimum absolute atomic E-state index is 0.754. The molecule has 0 radical (unpaired) electrons. The second-order valence-corrected chi connectivity index (χ2v) is 4.96. The van der Waals surface area contributed by atoms with Crippen molar-refractivity contribution in [2.45, 2.75) is 20.4 Å². The monoisotopic (exact) mass is 279 g/mol. The van der Waals surface area contributed by atoms with Crippen LogP contribution in [0.2, 0.25) is 0 Å². The van der Waals surface area contributed by atoms with Crippen molar-refractivity contribution in [3.63, 3.8) is 0 Å². The first-order chi connectivity index (χ1) is 10.2. The maximum Gasteiger partial charge on any atom is 0.155 e. The Morgan fingerprint density at radius 1 is 1.14 bits per heavy atom. The third-order valence-electron chi connectivity index (χ3n) is 3.60. The summed E-state index contributed by atoms with van der Waals surface area (Å²) in [5.74, 6) is 0.754. The summed E-state index contributed by atoms with van der Waals surface area (Å²) < 4.78 is 1.63. The lowest BCUT2D eigenvalue weighted by molar-refractivity contribution is 0.845. The van der Waals surface area contributed by atoms with Gasteiger partial charge in [-0.15, -0.1) is 0 Å². The van der Waals surface area contributed by atoms with Gasteiger partial charge in [0.2, 0.25) is 0 Å². The van der Waals surface area contributed by atoms with E-state index in [-0.39, 0.29) is 0 Å². The van der Waals surface area contributed by atoms with Crippen molar-refractivity contribution in [3.8, 4) is 5.82 Å². The molecular formula is C16H17N5. The largest absolute Gasteiger partial charge is 0.380 e. The van der Waals surface area contributed by atoms with Crippen LogP contribution >= 0.6 is 0 Å². The molecule has 0 aliphatic rings. The summed E-state index contributed by atoms with van der Waals surface area (Å²) in [6.07, 6.45) is 4.93. The van der Waals surface area contributed by atoms with Crippen molar-refractivity contribution in [1.29, 1.82) is 0 Å². The fourth-order valence-electron chi connectivity index (χ4n) is 2.15. The van der Waals surface area contributed by atoms with Crippen LogP contribution in [0.3, 0.4) is 0 Å². The molecular weight excluding hydrogens is 262 g/mol. The van der Waals surface area contributed by atoms with Crippen LogP contribution in [0.4, 0.5) is 5.69 Å². The molecule has 0 spiro atoms. The van der Waals surface area contributed by atoms with Gasteiger partial charge < -0.3 is 5.32 Å². The van der Waals surface area contributed by atoms with Crippen LogP contribution in [0.1, 0.15) is 16.7 Å². The Balaban J connectivity index is 1.70. The first-order valence-electron chi connectivity index (χ1n) is 6.84. The summed E-state index contributed by atoms with van der Waals surface area (Å²) in [5.41, 5.74) is 4.93. The van der Waals surface area contributed by atoms with Gasteiger partial charge in [-0.05, 0) is 42.7 Å². The Morgan fingerprint density at radius 2 is 2.05 bits per heavy atom. The van der Waals surface area contributed by atoms with Gasteiger partial charge >= 0.3 is 0 Å². The third kappa shape index (κ3) is 2.91. The molecule has 1 N–H and O–H groups in total. The highest BCUT2D eigenvalue weighted by Gasteiger charge is 2.02. The van der Waals surface area contributed by atoms with E-state index in [0.29, 0.717) is 0 Å². The van der Waals surface area contributed by atoms with E-state index in [0.717, 1.165) is 18.1 Å². The zero-order valence-corrected chi connectivity index (χ0v) is 12.1. The number of nitrogens with zero attached hydrogens (tertiary/aromatic N) is 4. The van der Waals surface area contributed by atoms with Crippen LogP contribution in [0, 0.1) is 13.8 Å². The summed E-state index contributed by atoms with van der Waals surface area (Å²) in [5, 5.41) is 7.45. The number of aromatic nitrogens is 4. The number of aryl methyl sites for hydroxylation is 1. The van der Waals surface area contributed by atoms with Crippen molar-refractivity contribution < 1.29 is 0 Å². The molecule has 5 heteroatoms. The number of rotatable bonds is 4. The molecule has 0 aliphatic carbocycles. The Labute approximate surface area is 123 Å². The topological polar surface area (TPSA) is 55.6 Å². The highest BCUT2D eigenvalue weighted by Crippen LogP contribution is 2.15. The van der Waals surface area contributed by atoms with Crippen molar-refractivity contribution in [1.82, 2.24) is 19.7 Å². The molecule has 106 valence electrons. The van der Waals surface area contributed by atoms with E-state index in [4.69, 9.17) is 0 Å². The number of nitrogens with one attached hydrogen (secondary N) is 1. The minimum atomic E-state index is 0.754. The van der Waals surface area contributed by atoms with E-state index < -0.39 is 0 Å². The molecule has 0 fully saturated rings. The third-order valence-corrected chi connectivity index (χ3v) is 3.60.